The summed E-state index contributed by atoms with van der Waals surface area (Å²) in [5, 5.41) is 20.6. The zero-order valence-electron chi connectivity index (χ0n) is 9.73. The van der Waals surface area contributed by atoms with E-state index in [-0.39, 0.29) is 0 Å². The van der Waals surface area contributed by atoms with Gasteiger partial charge in [-0.2, -0.15) is 5.26 Å². The van der Waals surface area contributed by atoms with Gasteiger partial charge in [-0.25, -0.2) is 4.79 Å². The molecule has 0 aliphatic rings. The third-order valence-corrected chi connectivity index (χ3v) is 2.37. The van der Waals surface area contributed by atoms with Crippen LogP contribution in [0.4, 0.5) is 5.69 Å². The summed E-state index contributed by atoms with van der Waals surface area (Å²) in [6, 6.07) is 6.14. The van der Waals surface area contributed by atoms with Crippen molar-refractivity contribution in [3.63, 3.8) is 0 Å². The molecular formula is C12H14N2O3. The number of nitrogens with zero attached hydrogens (tertiary/aromatic N) is 1. The summed E-state index contributed by atoms with van der Waals surface area (Å²) < 4.78 is 5.11. The molecule has 0 amide bonds. The Bertz CT molecular complexity index is 452. The van der Waals surface area contributed by atoms with Crippen molar-refractivity contribution in [2.45, 2.75) is 19.4 Å². The van der Waals surface area contributed by atoms with Gasteiger partial charge in [-0.15, -0.1) is 0 Å². The Morgan fingerprint density at radius 1 is 1.65 bits per heavy atom. The van der Waals surface area contributed by atoms with Gasteiger partial charge in [0.25, 0.3) is 0 Å². The van der Waals surface area contributed by atoms with E-state index in [1.165, 1.54) is 7.11 Å². The molecule has 17 heavy (non-hydrogen) atoms. The number of methoxy groups -OCH3 is 1. The van der Waals surface area contributed by atoms with Crippen LogP contribution in [0.2, 0.25) is 0 Å². The molecule has 1 aromatic rings. The van der Waals surface area contributed by atoms with Gasteiger partial charge < -0.3 is 15.2 Å². The van der Waals surface area contributed by atoms with Crippen molar-refractivity contribution < 1.29 is 14.6 Å². The number of nitriles is 1. The van der Waals surface area contributed by atoms with Gasteiger partial charge in [0.1, 0.15) is 11.8 Å². The summed E-state index contributed by atoms with van der Waals surface area (Å²) in [5.41, 5.74) is 1.04. The summed E-state index contributed by atoms with van der Waals surface area (Å²) in [5.74, 6) is -0.456. The maximum atomic E-state index is 10.9. The van der Waals surface area contributed by atoms with Crippen LogP contribution >= 0.6 is 0 Å². The molecule has 0 saturated carbocycles. The molecule has 0 radical (unpaired) electrons. The van der Waals surface area contributed by atoms with E-state index in [9.17, 15) is 4.79 Å². The lowest BCUT2D eigenvalue weighted by molar-refractivity contribution is -0.137. The number of carbonyl (C=O) groups is 1. The molecule has 0 spiro atoms. The number of carboxylic acid groups (broad SMARTS) is 1. The predicted octanol–water partition coefficient (Wildman–Crippen LogP) is 1.84. The number of ether oxygens (including phenoxy) is 1. The van der Waals surface area contributed by atoms with Crippen LogP contribution in [0.5, 0.6) is 5.75 Å². The Morgan fingerprint density at radius 2 is 2.35 bits per heavy atom. The average molecular weight is 234 g/mol. The summed E-state index contributed by atoms with van der Waals surface area (Å²) in [4.78, 5) is 10.9. The van der Waals surface area contributed by atoms with E-state index in [4.69, 9.17) is 15.1 Å². The minimum atomic E-state index is -0.918. The molecule has 90 valence electrons. The number of benzene rings is 1. The zero-order valence-corrected chi connectivity index (χ0v) is 9.73. The van der Waals surface area contributed by atoms with Crippen molar-refractivity contribution in [3.8, 4) is 11.8 Å². The normalized spacial score (nSPS) is 11.4. The van der Waals surface area contributed by atoms with Gasteiger partial charge in [0.05, 0.1) is 24.4 Å². The van der Waals surface area contributed by atoms with E-state index < -0.39 is 12.0 Å². The van der Waals surface area contributed by atoms with Gasteiger partial charge in [0.15, 0.2) is 0 Å². The van der Waals surface area contributed by atoms with Crippen LogP contribution in [-0.4, -0.2) is 24.2 Å². The summed E-state index contributed by atoms with van der Waals surface area (Å²) in [7, 11) is 1.48. The Labute approximate surface area is 99.6 Å². The smallest absolute Gasteiger partial charge is 0.326 e. The number of anilines is 1. The van der Waals surface area contributed by atoms with Crippen molar-refractivity contribution in [1.82, 2.24) is 0 Å². The molecule has 0 bridgehead atoms. The minimum absolute atomic E-state index is 0.457. The molecule has 5 nitrogen and oxygen atoms in total. The molecule has 1 atom stereocenters. The van der Waals surface area contributed by atoms with Crippen LogP contribution in [-0.2, 0) is 4.79 Å². The van der Waals surface area contributed by atoms with Gasteiger partial charge in [-0.1, -0.05) is 6.92 Å². The quantitative estimate of drug-likeness (QED) is 0.812. The van der Waals surface area contributed by atoms with Crippen LogP contribution in [0.25, 0.3) is 0 Å². The number of hydrogen-bond donors (Lipinski definition) is 2. The van der Waals surface area contributed by atoms with Crippen molar-refractivity contribution in [2.75, 3.05) is 12.4 Å². The molecule has 0 fully saturated rings. The van der Waals surface area contributed by atoms with Crippen LogP contribution in [0.15, 0.2) is 18.2 Å². The first-order valence-electron chi connectivity index (χ1n) is 5.19. The second kappa shape index (κ2) is 5.75. The Hall–Kier alpha value is -2.22. The van der Waals surface area contributed by atoms with Crippen LogP contribution in [0.1, 0.15) is 18.9 Å². The van der Waals surface area contributed by atoms with Gasteiger partial charge in [0, 0.05) is 6.07 Å². The lowest BCUT2D eigenvalue weighted by Gasteiger charge is -2.16. The highest BCUT2D eigenvalue weighted by Gasteiger charge is 2.16. The maximum Gasteiger partial charge on any atom is 0.326 e. The van der Waals surface area contributed by atoms with Crippen LogP contribution < -0.4 is 10.1 Å². The number of hydrogen-bond acceptors (Lipinski definition) is 4. The molecule has 0 saturated heterocycles. The third-order valence-electron chi connectivity index (χ3n) is 2.37. The SMILES string of the molecule is CCC(Nc1ccc(C#N)cc1OC)C(=O)O. The highest BCUT2D eigenvalue weighted by molar-refractivity contribution is 5.78. The van der Waals surface area contributed by atoms with Crippen molar-refractivity contribution in [1.29, 1.82) is 5.26 Å². The highest BCUT2D eigenvalue weighted by Crippen LogP contribution is 2.26. The van der Waals surface area contributed by atoms with E-state index in [1.807, 2.05) is 6.07 Å². The van der Waals surface area contributed by atoms with E-state index in [1.54, 1.807) is 25.1 Å². The molecular weight excluding hydrogens is 220 g/mol. The fourth-order valence-corrected chi connectivity index (χ4v) is 1.41. The lowest BCUT2D eigenvalue weighted by Crippen LogP contribution is -2.28. The Kier molecular flexibility index (Phi) is 4.35. The fourth-order valence-electron chi connectivity index (χ4n) is 1.41. The first-order valence-corrected chi connectivity index (χ1v) is 5.19. The summed E-state index contributed by atoms with van der Waals surface area (Å²) in [6.45, 7) is 1.78. The first kappa shape index (κ1) is 12.8. The van der Waals surface area contributed by atoms with Crippen molar-refractivity contribution in [3.05, 3.63) is 23.8 Å². The fraction of sp³-hybridized carbons (Fsp3) is 0.333. The molecule has 0 aromatic heterocycles. The maximum absolute atomic E-state index is 10.9. The molecule has 1 aromatic carbocycles. The first-order chi connectivity index (χ1) is 8.12. The lowest BCUT2D eigenvalue weighted by atomic mass is 10.1. The Balaban J connectivity index is 2.98. The van der Waals surface area contributed by atoms with Gasteiger partial charge in [0.2, 0.25) is 0 Å². The highest BCUT2D eigenvalue weighted by atomic mass is 16.5. The second-order valence-corrected chi connectivity index (χ2v) is 3.47. The minimum Gasteiger partial charge on any atom is -0.495 e. The molecule has 1 unspecified atom stereocenters. The molecule has 5 heteroatoms. The number of aliphatic carboxylic acids is 1. The van der Waals surface area contributed by atoms with E-state index >= 15 is 0 Å². The Morgan fingerprint density at radius 3 is 2.82 bits per heavy atom. The predicted molar refractivity (Wildman–Crippen MR) is 63.0 cm³/mol. The molecule has 0 aliphatic heterocycles. The van der Waals surface area contributed by atoms with Crippen molar-refractivity contribution in [2.24, 2.45) is 0 Å². The molecule has 1 rings (SSSR count). The summed E-state index contributed by atoms with van der Waals surface area (Å²) >= 11 is 0. The number of rotatable bonds is 5. The monoisotopic (exact) mass is 234 g/mol. The molecule has 0 aliphatic carbocycles. The number of nitrogens with one attached hydrogen (secondary N) is 1. The van der Waals surface area contributed by atoms with E-state index in [0.29, 0.717) is 23.4 Å². The van der Waals surface area contributed by atoms with Gasteiger partial charge >= 0.3 is 5.97 Å². The zero-order chi connectivity index (χ0) is 12.8. The van der Waals surface area contributed by atoms with Crippen LogP contribution in [0, 0.1) is 11.3 Å². The van der Waals surface area contributed by atoms with Gasteiger partial charge in [-0.3, -0.25) is 0 Å². The second-order valence-electron chi connectivity index (χ2n) is 3.47. The van der Waals surface area contributed by atoms with Crippen LogP contribution in [0.3, 0.4) is 0 Å². The van der Waals surface area contributed by atoms with Crippen molar-refractivity contribution >= 4 is 11.7 Å². The average Bonchev–Trinajstić information content (AvgIpc) is 2.35. The summed E-state index contributed by atoms with van der Waals surface area (Å²) in [6.07, 6.45) is 0.457. The third kappa shape index (κ3) is 3.11. The standard InChI is InChI=1S/C12H14N2O3/c1-3-9(12(15)16)14-10-5-4-8(7-13)6-11(10)17-2/h4-6,9,14H,3H2,1-2H3,(H,15,16). The topological polar surface area (TPSA) is 82.3 Å². The largest absolute Gasteiger partial charge is 0.495 e. The molecule has 0 heterocycles. The van der Waals surface area contributed by atoms with E-state index in [2.05, 4.69) is 5.32 Å². The van der Waals surface area contributed by atoms with E-state index in [0.717, 1.165) is 0 Å². The van der Waals surface area contributed by atoms with Gasteiger partial charge in [-0.05, 0) is 18.6 Å². The molecule has 2 N–H and O–H groups in total. The number of carboxylic acids is 1.